The van der Waals surface area contributed by atoms with Crippen LogP contribution in [-0.4, -0.2) is 17.9 Å². The molecule has 5 nitrogen and oxygen atoms in total. The van der Waals surface area contributed by atoms with Crippen molar-refractivity contribution in [3.8, 4) is 0 Å². The van der Waals surface area contributed by atoms with Gasteiger partial charge in [-0.2, -0.15) is 0 Å². The number of benzene rings is 2. The predicted molar refractivity (Wildman–Crippen MR) is 102 cm³/mol. The number of amides is 2. The summed E-state index contributed by atoms with van der Waals surface area (Å²) < 4.78 is 0. The van der Waals surface area contributed by atoms with Crippen LogP contribution in [0, 0.1) is 5.41 Å². The third kappa shape index (κ3) is 5.05. The molecular weight excluding hydrogens is 338 g/mol. The molecule has 0 aliphatic rings. The average Bonchev–Trinajstić information content (AvgIpc) is 2.55. The van der Waals surface area contributed by atoms with Crippen molar-refractivity contribution >= 4 is 34.8 Å². The maximum atomic E-state index is 12.4. The Hall–Kier alpha value is -2.37. The Kier molecular flexibility index (Phi) is 5.82. The maximum absolute atomic E-state index is 12.4. The number of rotatable bonds is 4. The summed E-state index contributed by atoms with van der Waals surface area (Å²) >= 11 is 6.13. The molecule has 2 aromatic carbocycles. The highest BCUT2D eigenvalue weighted by Gasteiger charge is 2.27. The van der Waals surface area contributed by atoms with E-state index in [1.54, 1.807) is 24.3 Å². The number of hydrogen-bond donors (Lipinski definition) is 3. The van der Waals surface area contributed by atoms with Crippen LogP contribution >= 0.6 is 11.6 Å². The number of nitrogens with two attached hydrogens (primary N) is 1. The highest BCUT2D eigenvalue weighted by atomic mass is 35.5. The summed E-state index contributed by atoms with van der Waals surface area (Å²) in [4.78, 5) is 24.7. The Bertz CT molecular complexity index is 770. The highest BCUT2D eigenvalue weighted by Crippen LogP contribution is 2.23. The van der Waals surface area contributed by atoms with Crippen molar-refractivity contribution in [2.24, 2.45) is 11.1 Å². The fraction of sp³-hybridized carbons (Fsp3) is 0.263. The lowest BCUT2D eigenvalue weighted by atomic mass is 9.87. The van der Waals surface area contributed by atoms with Gasteiger partial charge in [0.05, 0.1) is 16.6 Å². The van der Waals surface area contributed by atoms with Crippen molar-refractivity contribution in [3.63, 3.8) is 0 Å². The van der Waals surface area contributed by atoms with E-state index in [0.29, 0.717) is 16.4 Å². The zero-order valence-electron chi connectivity index (χ0n) is 14.5. The number of hydrogen-bond acceptors (Lipinski definition) is 3. The summed E-state index contributed by atoms with van der Waals surface area (Å²) in [7, 11) is 0. The molecule has 0 aliphatic carbocycles. The zero-order chi connectivity index (χ0) is 18.6. The third-order valence-corrected chi connectivity index (χ3v) is 4.06. The average molecular weight is 360 g/mol. The van der Waals surface area contributed by atoms with E-state index in [1.807, 2.05) is 39.0 Å². The Labute approximate surface area is 152 Å². The first-order valence-corrected chi connectivity index (χ1v) is 8.28. The SMILES string of the molecule is CC(C)(C)[C@H](N)C(=O)Nc1ccc(Cl)c(C(=O)Nc2ccccc2)c1. The first-order chi connectivity index (χ1) is 11.7. The first kappa shape index (κ1) is 19.0. The molecule has 0 heterocycles. The number of nitrogens with one attached hydrogen (secondary N) is 2. The molecule has 0 unspecified atom stereocenters. The van der Waals surface area contributed by atoms with Crippen molar-refractivity contribution in [2.75, 3.05) is 10.6 Å². The van der Waals surface area contributed by atoms with Gasteiger partial charge in [0, 0.05) is 11.4 Å². The van der Waals surface area contributed by atoms with Gasteiger partial charge in [0.1, 0.15) is 0 Å². The van der Waals surface area contributed by atoms with E-state index in [9.17, 15) is 9.59 Å². The van der Waals surface area contributed by atoms with Crippen LogP contribution < -0.4 is 16.4 Å². The molecule has 0 aliphatic heterocycles. The second kappa shape index (κ2) is 7.68. The second-order valence-electron chi connectivity index (χ2n) is 6.85. The van der Waals surface area contributed by atoms with Gasteiger partial charge in [0.15, 0.2) is 0 Å². The monoisotopic (exact) mass is 359 g/mol. The Morgan fingerprint density at radius 2 is 1.64 bits per heavy atom. The number of para-hydroxylation sites is 1. The molecule has 2 amide bonds. The number of carbonyl (C=O) groups is 2. The molecule has 0 saturated heterocycles. The quantitative estimate of drug-likeness (QED) is 0.773. The van der Waals surface area contributed by atoms with Crippen LogP contribution in [-0.2, 0) is 4.79 Å². The summed E-state index contributed by atoms with van der Waals surface area (Å²) in [5.41, 5.74) is 6.98. The standard InChI is InChI=1S/C19H22ClN3O2/c1-19(2,3)16(21)18(25)23-13-9-10-15(20)14(11-13)17(24)22-12-7-5-4-6-8-12/h4-11,16H,21H2,1-3H3,(H,22,24)(H,23,25)/t16-/m1/s1. The van der Waals surface area contributed by atoms with Gasteiger partial charge in [-0.3, -0.25) is 9.59 Å². The highest BCUT2D eigenvalue weighted by molar-refractivity contribution is 6.34. The van der Waals surface area contributed by atoms with Crippen LogP contribution in [0.25, 0.3) is 0 Å². The molecule has 2 rings (SSSR count). The largest absolute Gasteiger partial charge is 0.325 e. The minimum absolute atomic E-state index is 0.271. The van der Waals surface area contributed by atoms with Crippen molar-refractivity contribution < 1.29 is 9.59 Å². The van der Waals surface area contributed by atoms with Gasteiger partial charge in [-0.1, -0.05) is 50.6 Å². The van der Waals surface area contributed by atoms with Crippen molar-refractivity contribution in [3.05, 3.63) is 59.1 Å². The Morgan fingerprint density at radius 1 is 1.00 bits per heavy atom. The topological polar surface area (TPSA) is 84.2 Å². The summed E-state index contributed by atoms with van der Waals surface area (Å²) in [5, 5.41) is 5.80. The molecule has 4 N–H and O–H groups in total. The number of halogens is 1. The molecule has 132 valence electrons. The van der Waals surface area contributed by atoms with E-state index in [-0.39, 0.29) is 22.8 Å². The van der Waals surface area contributed by atoms with E-state index in [1.165, 1.54) is 6.07 Å². The normalized spacial score (nSPS) is 12.4. The van der Waals surface area contributed by atoms with Crippen LogP contribution in [0.1, 0.15) is 31.1 Å². The van der Waals surface area contributed by atoms with E-state index in [4.69, 9.17) is 17.3 Å². The van der Waals surface area contributed by atoms with Gasteiger partial charge < -0.3 is 16.4 Å². The zero-order valence-corrected chi connectivity index (χ0v) is 15.2. The van der Waals surface area contributed by atoms with Crippen LogP contribution in [0.4, 0.5) is 11.4 Å². The van der Waals surface area contributed by atoms with Crippen molar-refractivity contribution in [1.29, 1.82) is 0 Å². The van der Waals surface area contributed by atoms with E-state index in [2.05, 4.69) is 10.6 Å². The fourth-order valence-corrected chi connectivity index (χ4v) is 2.31. The number of carbonyl (C=O) groups excluding carboxylic acids is 2. The smallest absolute Gasteiger partial charge is 0.257 e. The minimum Gasteiger partial charge on any atom is -0.325 e. The lowest BCUT2D eigenvalue weighted by molar-refractivity contribution is -0.119. The lowest BCUT2D eigenvalue weighted by Crippen LogP contribution is -2.45. The van der Waals surface area contributed by atoms with Gasteiger partial charge in [-0.25, -0.2) is 0 Å². The molecule has 0 fully saturated rings. The van der Waals surface area contributed by atoms with Crippen LogP contribution in [0.2, 0.25) is 5.02 Å². The fourth-order valence-electron chi connectivity index (χ4n) is 2.11. The Morgan fingerprint density at radius 3 is 2.24 bits per heavy atom. The molecule has 6 heteroatoms. The van der Waals surface area contributed by atoms with Crippen molar-refractivity contribution in [2.45, 2.75) is 26.8 Å². The molecule has 25 heavy (non-hydrogen) atoms. The van der Waals surface area contributed by atoms with E-state index < -0.39 is 6.04 Å². The van der Waals surface area contributed by atoms with Gasteiger partial charge in [0.2, 0.25) is 5.91 Å². The third-order valence-electron chi connectivity index (χ3n) is 3.73. The first-order valence-electron chi connectivity index (χ1n) is 7.91. The summed E-state index contributed by atoms with van der Waals surface area (Å²) in [6, 6.07) is 13.1. The van der Waals surface area contributed by atoms with Crippen LogP contribution in [0.3, 0.4) is 0 Å². The van der Waals surface area contributed by atoms with E-state index >= 15 is 0 Å². The molecular formula is C19H22ClN3O2. The lowest BCUT2D eigenvalue weighted by Gasteiger charge is -2.25. The summed E-state index contributed by atoms with van der Waals surface area (Å²) in [5.74, 6) is -0.670. The van der Waals surface area contributed by atoms with Gasteiger partial charge in [-0.05, 0) is 35.7 Å². The molecule has 0 saturated carbocycles. The summed E-state index contributed by atoms with van der Waals surface area (Å²) in [6.07, 6.45) is 0. The van der Waals surface area contributed by atoms with E-state index in [0.717, 1.165) is 0 Å². The number of anilines is 2. The maximum Gasteiger partial charge on any atom is 0.257 e. The van der Waals surface area contributed by atoms with Gasteiger partial charge in [-0.15, -0.1) is 0 Å². The van der Waals surface area contributed by atoms with Crippen LogP contribution in [0.15, 0.2) is 48.5 Å². The van der Waals surface area contributed by atoms with Crippen molar-refractivity contribution in [1.82, 2.24) is 0 Å². The molecule has 0 bridgehead atoms. The molecule has 0 spiro atoms. The molecule has 0 radical (unpaired) electrons. The molecule has 2 aromatic rings. The predicted octanol–water partition coefficient (Wildman–Crippen LogP) is 3.90. The second-order valence-corrected chi connectivity index (χ2v) is 7.25. The minimum atomic E-state index is -0.676. The summed E-state index contributed by atoms with van der Waals surface area (Å²) in [6.45, 7) is 5.66. The van der Waals surface area contributed by atoms with Gasteiger partial charge in [0.25, 0.3) is 5.91 Å². The molecule has 1 atom stereocenters. The van der Waals surface area contributed by atoms with Crippen LogP contribution in [0.5, 0.6) is 0 Å². The van der Waals surface area contributed by atoms with Gasteiger partial charge >= 0.3 is 0 Å². The Balaban J connectivity index is 2.17. The molecule has 0 aromatic heterocycles.